The average Bonchev–Trinajstić information content (AvgIpc) is 2.33. The quantitative estimate of drug-likeness (QED) is 0.566. The summed E-state index contributed by atoms with van der Waals surface area (Å²) in [4.78, 5) is 10.4. The van der Waals surface area contributed by atoms with Gasteiger partial charge in [-0.15, -0.1) is 0 Å². The van der Waals surface area contributed by atoms with E-state index in [9.17, 15) is 10.1 Å². The van der Waals surface area contributed by atoms with E-state index in [1.807, 2.05) is 0 Å². The molecule has 0 atom stereocenters. The monoisotopic (exact) mass is 317 g/mol. The molecule has 0 fully saturated rings. The molecule has 0 aliphatic heterocycles. The number of benzene rings is 2. The molecule has 0 spiro atoms. The van der Waals surface area contributed by atoms with Crippen LogP contribution in [0, 0.1) is 10.1 Å². The Hall–Kier alpha value is -1.49. The Morgan fingerprint density at radius 2 is 1.74 bits per heavy atom. The van der Waals surface area contributed by atoms with E-state index in [1.54, 1.807) is 12.1 Å². The van der Waals surface area contributed by atoms with Gasteiger partial charge in [0.2, 0.25) is 5.75 Å². The van der Waals surface area contributed by atoms with Gasteiger partial charge in [0.1, 0.15) is 10.8 Å². The van der Waals surface area contributed by atoms with E-state index in [0.717, 1.165) is 0 Å². The van der Waals surface area contributed by atoms with Crippen LogP contribution < -0.4 is 4.74 Å². The Balaban J connectivity index is 2.46. The molecular weight excluding hydrogens is 312 g/mol. The van der Waals surface area contributed by atoms with Crippen molar-refractivity contribution in [1.29, 1.82) is 0 Å². The van der Waals surface area contributed by atoms with Gasteiger partial charge < -0.3 is 4.74 Å². The first kappa shape index (κ1) is 13.9. The standard InChI is InChI=1S/C12H6Cl3NO3/c13-7-4-5-8(14)11(6-7)19-10-3-1-2-9(15)12(10)16(17)18/h1-6H. The third-order valence-electron chi connectivity index (χ3n) is 2.25. The topological polar surface area (TPSA) is 52.4 Å². The fraction of sp³-hybridized carbons (Fsp3) is 0. The van der Waals surface area contributed by atoms with E-state index < -0.39 is 4.92 Å². The molecule has 7 heteroatoms. The molecule has 0 aromatic heterocycles. The lowest BCUT2D eigenvalue weighted by atomic mass is 10.3. The van der Waals surface area contributed by atoms with Crippen molar-refractivity contribution in [2.75, 3.05) is 0 Å². The third kappa shape index (κ3) is 3.10. The van der Waals surface area contributed by atoms with Crippen LogP contribution in [-0.2, 0) is 0 Å². The first-order valence-corrected chi connectivity index (χ1v) is 6.18. The molecule has 2 rings (SSSR count). The summed E-state index contributed by atoms with van der Waals surface area (Å²) in [6, 6.07) is 8.98. The van der Waals surface area contributed by atoms with Gasteiger partial charge in [0.05, 0.1) is 9.95 Å². The second kappa shape index (κ2) is 5.65. The number of nitro benzene ring substituents is 1. The maximum Gasteiger partial charge on any atom is 0.329 e. The molecule has 2 aromatic rings. The van der Waals surface area contributed by atoms with Gasteiger partial charge in [0.15, 0.2) is 0 Å². The number of ether oxygens (including phenoxy) is 1. The SMILES string of the molecule is O=[N+]([O-])c1c(Cl)cccc1Oc1cc(Cl)ccc1Cl. The van der Waals surface area contributed by atoms with E-state index in [0.29, 0.717) is 10.0 Å². The summed E-state index contributed by atoms with van der Waals surface area (Å²) in [5, 5.41) is 11.7. The van der Waals surface area contributed by atoms with E-state index in [4.69, 9.17) is 39.5 Å². The van der Waals surface area contributed by atoms with Crippen LogP contribution in [0.1, 0.15) is 0 Å². The average molecular weight is 319 g/mol. The fourth-order valence-electron chi connectivity index (χ4n) is 1.43. The molecule has 2 aromatic carbocycles. The van der Waals surface area contributed by atoms with Crippen molar-refractivity contribution in [1.82, 2.24) is 0 Å². The molecule has 0 saturated carbocycles. The highest BCUT2D eigenvalue weighted by molar-refractivity contribution is 6.34. The van der Waals surface area contributed by atoms with Crippen LogP contribution in [0.3, 0.4) is 0 Å². The third-order valence-corrected chi connectivity index (χ3v) is 3.10. The number of hydrogen-bond acceptors (Lipinski definition) is 3. The zero-order chi connectivity index (χ0) is 14.0. The van der Waals surface area contributed by atoms with Crippen LogP contribution in [0.15, 0.2) is 36.4 Å². The fourth-order valence-corrected chi connectivity index (χ4v) is 1.98. The molecule has 0 aliphatic rings. The van der Waals surface area contributed by atoms with Crippen molar-refractivity contribution < 1.29 is 9.66 Å². The minimum Gasteiger partial charge on any atom is -0.448 e. The molecule has 0 bridgehead atoms. The molecule has 0 N–H and O–H groups in total. The zero-order valence-corrected chi connectivity index (χ0v) is 11.5. The Morgan fingerprint density at radius 1 is 1.00 bits per heavy atom. The number of hydrogen-bond donors (Lipinski definition) is 0. The predicted molar refractivity (Wildman–Crippen MR) is 74.6 cm³/mol. The first-order valence-electron chi connectivity index (χ1n) is 5.05. The molecule has 0 radical (unpaired) electrons. The van der Waals surface area contributed by atoms with Crippen molar-refractivity contribution >= 4 is 40.5 Å². The molecule has 0 unspecified atom stereocenters. The number of para-hydroxylation sites is 1. The summed E-state index contributed by atoms with van der Waals surface area (Å²) < 4.78 is 5.42. The summed E-state index contributed by atoms with van der Waals surface area (Å²) >= 11 is 17.5. The second-order valence-corrected chi connectivity index (χ2v) is 4.77. The van der Waals surface area contributed by atoms with Gasteiger partial charge in [-0.1, -0.05) is 40.9 Å². The normalized spacial score (nSPS) is 10.3. The molecule has 0 aliphatic carbocycles. The molecule has 4 nitrogen and oxygen atoms in total. The number of nitrogens with zero attached hydrogens (tertiary/aromatic N) is 1. The number of halogens is 3. The molecule has 0 heterocycles. The van der Waals surface area contributed by atoms with Crippen LogP contribution in [0.25, 0.3) is 0 Å². The van der Waals surface area contributed by atoms with E-state index >= 15 is 0 Å². The van der Waals surface area contributed by atoms with Gasteiger partial charge in [-0.2, -0.15) is 0 Å². The number of rotatable bonds is 3. The van der Waals surface area contributed by atoms with Crippen molar-refractivity contribution in [2.24, 2.45) is 0 Å². The van der Waals surface area contributed by atoms with Crippen LogP contribution in [0.2, 0.25) is 15.1 Å². The Kier molecular flexibility index (Phi) is 4.14. The Morgan fingerprint density at radius 3 is 2.42 bits per heavy atom. The van der Waals surface area contributed by atoms with E-state index in [1.165, 1.54) is 24.3 Å². The molecule has 0 amide bonds. The summed E-state index contributed by atoms with van der Waals surface area (Å²) in [5.41, 5.74) is -0.319. The summed E-state index contributed by atoms with van der Waals surface area (Å²) in [5.74, 6) is 0.223. The van der Waals surface area contributed by atoms with Gasteiger partial charge in [0.25, 0.3) is 0 Å². The van der Waals surface area contributed by atoms with Crippen molar-refractivity contribution in [2.45, 2.75) is 0 Å². The van der Waals surface area contributed by atoms with Crippen molar-refractivity contribution in [3.8, 4) is 11.5 Å². The highest BCUT2D eigenvalue weighted by Gasteiger charge is 2.21. The highest BCUT2D eigenvalue weighted by Crippen LogP contribution is 2.39. The van der Waals surface area contributed by atoms with Gasteiger partial charge in [-0.05, 0) is 24.3 Å². The van der Waals surface area contributed by atoms with Crippen LogP contribution >= 0.6 is 34.8 Å². The lowest BCUT2D eigenvalue weighted by molar-refractivity contribution is -0.385. The minimum absolute atomic E-state index is 0.00154. The highest BCUT2D eigenvalue weighted by atomic mass is 35.5. The second-order valence-electron chi connectivity index (χ2n) is 3.52. The summed E-state index contributed by atoms with van der Waals surface area (Å²) in [6.07, 6.45) is 0. The van der Waals surface area contributed by atoms with Gasteiger partial charge >= 0.3 is 5.69 Å². The van der Waals surface area contributed by atoms with Gasteiger partial charge in [-0.25, -0.2) is 0 Å². The summed E-state index contributed by atoms with van der Waals surface area (Å²) in [6.45, 7) is 0. The summed E-state index contributed by atoms with van der Waals surface area (Å²) in [7, 11) is 0. The van der Waals surface area contributed by atoms with Gasteiger partial charge in [-0.3, -0.25) is 10.1 Å². The predicted octanol–water partition coefficient (Wildman–Crippen LogP) is 5.35. The first-order chi connectivity index (χ1) is 8.99. The molecule has 98 valence electrons. The Labute approximate surface area is 123 Å². The Bertz CT molecular complexity index is 646. The zero-order valence-electron chi connectivity index (χ0n) is 9.27. The van der Waals surface area contributed by atoms with Crippen LogP contribution in [0.5, 0.6) is 11.5 Å². The van der Waals surface area contributed by atoms with E-state index in [2.05, 4.69) is 0 Å². The van der Waals surface area contributed by atoms with Crippen LogP contribution in [-0.4, -0.2) is 4.92 Å². The van der Waals surface area contributed by atoms with Gasteiger partial charge in [0, 0.05) is 11.1 Å². The molecular formula is C12H6Cl3NO3. The smallest absolute Gasteiger partial charge is 0.329 e. The lowest BCUT2D eigenvalue weighted by Gasteiger charge is -2.08. The molecule has 19 heavy (non-hydrogen) atoms. The largest absolute Gasteiger partial charge is 0.448 e. The van der Waals surface area contributed by atoms with Crippen molar-refractivity contribution in [3.05, 3.63) is 61.6 Å². The lowest BCUT2D eigenvalue weighted by Crippen LogP contribution is -1.94. The minimum atomic E-state index is -0.615. The van der Waals surface area contributed by atoms with Crippen LogP contribution in [0.4, 0.5) is 5.69 Å². The van der Waals surface area contributed by atoms with E-state index in [-0.39, 0.29) is 22.2 Å². The molecule has 0 saturated heterocycles. The van der Waals surface area contributed by atoms with Crippen molar-refractivity contribution in [3.63, 3.8) is 0 Å². The number of nitro groups is 1. The maximum atomic E-state index is 11.0. The maximum absolute atomic E-state index is 11.0.